The number of allylic oxidation sites excluding steroid dienone is 1. The number of aliphatic carboxylic acids is 1. The Balaban J connectivity index is 1.95. The molecule has 0 saturated carbocycles. The molecule has 28 heavy (non-hydrogen) atoms. The first-order valence-electron chi connectivity index (χ1n) is 8.19. The zero-order chi connectivity index (χ0) is 20.3. The molecule has 0 aliphatic carbocycles. The maximum Gasteiger partial charge on any atom is 0.341 e. The number of hydrogen-bond acceptors (Lipinski definition) is 7. The van der Waals surface area contributed by atoms with Gasteiger partial charge in [0.05, 0.1) is 26.9 Å². The quantitative estimate of drug-likeness (QED) is 0.725. The fraction of sp³-hybridized carbons (Fsp3) is 0.200. The summed E-state index contributed by atoms with van der Waals surface area (Å²) in [5, 5.41) is 8.70. The molecule has 0 saturated heterocycles. The van der Waals surface area contributed by atoms with Crippen LogP contribution in [0.4, 0.5) is 0 Å². The number of hydrogen-bond donors (Lipinski definition) is 1. The smallest absolute Gasteiger partial charge is 0.341 e. The van der Waals surface area contributed by atoms with Crippen molar-refractivity contribution in [1.82, 2.24) is 0 Å². The van der Waals surface area contributed by atoms with Gasteiger partial charge in [-0.1, -0.05) is 0 Å². The molecular weight excluding hydrogens is 368 g/mol. The Kier molecular flexibility index (Phi) is 5.39. The van der Waals surface area contributed by atoms with Crippen LogP contribution in [0.15, 0.2) is 36.1 Å². The molecule has 0 aromatic heterocycles. The van der Waals surface area contributed by atoms with Crippen LogP contribution < -0.4 is 23.7 Å². The van der Waals surface area contributed by atoms with Gasteiger partial charge in [0, 0.05) is 17.7 Å². The highest BCUT2D eigenvalue weighted by Crippen LogP contribution is 2.39. The Morgan fingerprint density at radius 3 is 2.50 bits per heavy atom. The third kappa shape index (κ3) is 3.71. The third-order valence-corrected chi connectivity index (χ3v) is 4.01. The van der Waals surface area contributed by atoms with Crippen molar-refractivity contribution in [2.45, 2.75) is 0 Å². The SMILES string of the molecule is COc1cc(/C=C2/Oc3cc(OCC(=O)O)ccc3C2=O)c(OC)c(OC)c1. The minimum absolute atomic E-state index is 0.0824. The van der Waals surface area contributed by atoms with E-state index in [0.717, 1.165) is 0 Å². The summed E-state index contributed by atoms with van der Waals surface area (Å²) in [4.78, 5) is 23.3. The summed E-state index contributed by atoms with van der Waals surface area (Å²) < 4.78 is 26.7. The van der Waals surface area contributed by atoms with Crippen molar-refractivity contribution in [1.29, 1.82) is 0 Å². The standard InChI is InChI=1S/C20H18O8/c1-24-13-6-11(20(26-3)17(9-13)25-2)7-16-19(23)14-5-4-12(8-15(14)28-16)27-10-18(21)22/h4-9H,10H2,1-3H3,(H,21,22)/b16-7+. The maximum atomic E-state index is 12.7. The van der Waals surface area contributed by atoms with E-state index in [4.69, 9.17) is 28.8 Å². The summed E-state index contributed by atoms with van der Waals surface area (Å²) in [6, 6.07) is 7.87. The molecule has 0 spiro atoms. The molecule has 0 radical (unpaired) electrons. The van der Waals surface area contributed by atoms with Gasteiger partial charge in [-0.15, -0.1) is 0 Å². The lowest BCUT2D eigenvalue weighted by Crippen LogP contribution is -2.09. The van der Waals surface area contributed by atoms with E-state index >= 15 is 0 Å². The molecule has 0 fully saturated rings. The van der Waals surface area contributed by atoms with E-state index in [1.807, 2.05) is 0 Å². The molecule has 1 aliphatic heterocycles. The van der Waals surface area contributed by atoms with Crippen LogP contribution in [0.5, 0.6) is 28.7 Å². The van der Waals surface area contributed by atoms with Crippen molar-refractivity contribution in [3.8, 4) is 28.7 Å². The fourth-order valence-electron chi connectivity index (χ4n) is 2.74. The van der Waals surface area contributed by atoms with Crippen LogP contribution in [0.3, 0.4) is 0 Å². The number of ether oxygens (including phenoxy) is 5. The zero-order valence-corrected chi connectivity index (χ0v) is 15.5. The monoisotopic (exact) mass is 386 g/mol. The second kappa shape index (κ2) is 7.91. The lowest BCUT2D eigenvalue weighted by atomic mass is 10.1. The Bertz CT molecular complexity index is 961. The first-order chi connectivity index (χ1) is 13.5. The summed E-state index contributed by atoms with van der Waals surface area (Å²) in [5.41, 5.74) is 0.889. The van der Waals surface area contributed by atoms with Crippen molar-refractivity contribution in [2.24, 2.45) is 0 Å². The third-order valence-electron chi connectivity index (χ3n) is 4.01. The van der Waals surface area contributed by atoms with E-state index in [0.29, 0.717) is 28.4 Å². The molecule has 0 amide bonds. The van der Waals surface area contributed by atoms with E-state index in [-0.39, 0.29) is 23.0 Å². The van der Waals surface area contributed by atoms with Crippen LogP contribution in [-0.4, -0.2) is 44.8 Å². The average molecular weight is 386 g/mol. The van der Waals surface area contributed by atoms with Gasteiger partial charge in [0.1, 0.15) is 17.2 Å². The number of carboxylic acid groups (broad SMARTS) is 1. The molecule has 0 atom stereocenters. The molecule has 0 bridgehead atoms. The Labute approximate surface area is 160 Å². The second-order valence-corrected chi connectivity index (χ2v) is 5.73. The molecule has 146 valence electrons. The molecule has 8 heteroatoms. The van der Waals surface area contributed by atoms with Gasteiger partial charge < -0.3 is 28.8 Å². The topological polar surface area (TPSA) is 101 Å². The molecule has 8 nitrogen and oxygen atoms in total. The number of Topliss-reactive ketones (excluding diaryl/α,β-unsaturated/α-hetero) is 1. The van der Waals surface area contributed by atoms with Gasteiger partial charge in [-0.25, -0.2) is 4.79 Å². The van der Waals surface area contributed by atoms with Crippen LogP contribution in [-0.2, 0) is 4.79 Å². The number of rotatable bonds is 7. The van der Waals surface area contributed by atoms with Gasteiger partial charge in [0.25, 0.3) is 0 Å². The number of ketones is 1. The van der Waals surface area contributed by atoms with E-state index in [1.165, 1.54) is 45.6 Å². The average Bonchev–Trinajstić information content (AvgIpc) is 3.00. The summed E-state index contributed by atoms with van der Waals surface area (Å²) in [6.45, 7) is -0.490. The predicted molar refractivity (Wildman–Crippen MR) is 98.6 cm³/mol. The van der Waals surface area contributed by atoms with Crippen molar-refractivity contribution < 1.29 is 38.4 Å². The molecule has 1 aliphatic rings. The van der Waals surface area contributed by atoms with E-state index in [1.54, 1.807) is 12.1 Å². The van der Waals surface area contributed by atoms with Crippen LogP contribution in [0.1, 0.15) is 15.9 Å². The molecule has 2 aromatic carbocycles. The minimum atomic E-state index is -1.10. The lowest BCUT2D eigenvalue weighted by Gasteiger charge is -2.13. The number of methoxy groups -OCH3 is 3. The minimum Gasteiger partial charge on any atom is -0.497 e. The Hall–Kier alpha value is -3.68. The number of carbonyl (C=O) groups is 2. The van der Waals surface area contributed by atoms with Crippen LogP contribution >= 0.6 is 0 Å². The largest absolute Gasteiger partial charge is 0.497 e. The van der Waals surface area contributed by atoms with Crippen molar-refractivity contribution in [3.05, 3.63) is 47.2 Å². The Morgan fingerprint density at radius 2 is 1.86 bits per heavy atom. The fourth-order valence-corrected chi connectivity index (χ4v) is 2.74. The highest BCUT2D eigenvalue weighted by atomic mass is 16.5. The van der Waals surface area contributed by atoms with E-state index in [2.05, 4.69) is 0 Å². The zero-order valence-electron chi connectivity index (χ0n) is 15.5. The van der Waals surface area contributed by atoms with Crippen LogP contribution in [0.2, 0.25) is 0 Å². The maximum absolute atomic E-state index is 12.7. The normalized spacial score (nSPS) is 13.7. The highest BCUT2D eigenvalue weighted by Gasteiger charge is 2.28. The van der Waals surface area contributed by atoms with E-state index < -0.39 is 12.6 Å². The van der Waals surface area contributed by atoms with E-state index in [9.17, 15) is 9.59 Å². The molecular formula is C20H18O8. The Morgan fingerprint density at radius 1 is 1.07 bits per heavy atom. The summed E-state index contributed by atoms with van der Waals surface area (Å²) in [7, 11) is 4.51. The summed E-state index contributed by atoms with van der Waals surface area (Å²) in [6.07, 6.45) is 1.53. The lowest BCUT2D eigenvalue weighted by molar-refractivity contribution is -0.139. The van der Waals surface area contributed by atoms with Gasteiger partial charge in [-0.3, -0.25) is 4.79 Å². The van der Waals surface area contributed by atoms with Gasteiger partial charge >= 0.3 is 5.97 Å². The molecule has 2 aromatic rings. The van der Waals surface area contributed by atoms with Gasteiger partial charge in [-0.05, 0) is 24.3 Å². The number of carbonyl (C=O) groups excluding carboxylic acids is 1. The van der Waals surface area contributed by atoms with Gasteiger partial charge in [-0.2, -0.15) is 0 Å². The number of benzene rings is 2. The van der Waals surface area contributed by atoms with Crippen molar-refractivity contribution >= 4 is 17.8 Å². The van der Waals surface area contributed by atoms with Gasteiger partial charge in [0.2, 0.25) is 5.78 Å². The second-order valence-electron chi connectivity index (χ2n) is 5.73. The molecule has 1 N–H and O–H groups in total. The van der Waals surface area contributed by atoms with Crippen molar-refractivity contribution in [3.63, 3.8) is 0 Å². The molecule has 3 rings (SSSR count). The summed E-state index contributed by atoms with van der Waals surface area (Å²) in [5.74, 6) is 0.634. The highest BCUT2D eigenvalue weighted by molar-refractivity contribution is 6.14. The van der Waals surface area contributed by atoms with Crippen LogP contribution in [0, 0.1) is 0 Å². The summed E-state index contributed by atoms with van der Waals surface area (Å²) >= 11 is 0. The number of carboxylic acids is 1. The van der Waals surface area contributed by atoms with Crippen molar-refractivity contribution in [2.75, 3.05) is 27.9 Å². The molecule has 1 heterocycles. The first kappa shape index (κ1) is 19.1. The number of fused-ring (bicyclic) bond motifs is 1. The first-order valence-corrected chi connectivity index (χ1v) is 8.19. The predicted octanol–water partition coefficient (Wildman–Crippen LogP) is 2.79. The van der Waals surface area contributed by atoms with Crippen LogP contribution in [0.25, 0.3) is 6.08 Å². The van der Waals surface area contributed by atoms with Gasteiger partial charge in [0.15, 0.2) is 23.9 Å². The molecule has 0 unspecified atom stereocenters.